The molecule has 0 saturated heterocycles. The quantitative estimate of drug-likeness (QED) is 0.240. The number of hydrogen-bond acceptors (Lipinski definition) is 7. The van der Waals surface area contributed by atoms with Crippen molar-refractivity contribution in [2.45, 2.75) is 18.7 Å². The van der Waals surface area contributed by atoms with Gasteiger partial charge in [0.1, 0.15) is 11.4 Å². The first-order chi connectivity index (χ1) is 15.7. The van der Waals surface area contributed by atoms with Gasteiger partial charge in [-0.25, -0.2) is 0 Å². The Kier molecular flexibility index (Phi) is 5.99. The highest BCUT2D eigenvalue weighted by molar-refractivity contribution is 7.85. The summed E-state index contributed by atoms with van der Waals surface area (Å²) in [6.07, 6.45) is 0. The van der Waals surface area contributed by atoms with Gasteiger partial charge in [0.2, 0.25) is 0 Å². The lowest BCUT2D eigenvalue weighted by Gasteiger charge is -2.05. The molecule has 0 aliphatic rings. The zero-order valence-corrected chi connectivity index (χ0v) is 18.7. The van der Waals surface area contributed by atoms with Crippen LogP contribution in [0.4, 0.5) is 22.7 Å². The van der Waals surface area contributed by atoms with Crippen LogP contribution < -0.4 is 0 Å². The summed E-state index contributed by atoms with van der Waals surface area (Å²) in [5, 5.41) is 29.0. The van der Waals surface area contributed by atoms with Crippen molar-refractivity contribution < 1.29 is 18.1 Å². The number of azo groups is 2. The van der Waals surface area contributed by atoms with E-state index in [0.29, 0.717) is 28.3 Å². The fourth-order valence-corrected chi connectivity index (χ4v) is 3.84. The molecular weight excluding hydrogens is 440 g/mol. The Morgan fingerprint density at radius 1 is 0.727 bits per heavy atom. The van der Waals surface area contributed by atoms with E-state index in [1.807, 2.05) is 37.3 Å². The number of phenols is 1. The summed E-state index contributed by atoms with van der Waals surface area (Å²) in [6, 6.07) is 20.4. The summed E-state index contributed by atoms with van der Waals surface area (Å²) in [5.41, 5.74) is 3.46. The molecule has 2 N–H and O–H groups in total. The summed E-state index contributed by atoms with van der Waals surface area (Å²) in [5.74, 6) is 0.0518. The Labute approximate surface area is 190 Å². The summed E-state index contributed by atoms with van der Waals surface area (Å²) in [4.78, 5) is -0.193. The molecule has 0 atom stereocenters. The zero-order valence-electron chi connectivity index (χ0n) is 17.8. The van der Waals surface area contributed by atoms with E-state index in [0.717, 1.165) is 16.3 Å². The minimum atomic E-state index is -4.27. The molecule has 33 heavy (non-hydrogen) atoms. The van der Waals surface area contributed by atoms with E-state index >= 15 is 0 Å². The maximum atomic E-state index is 11.2. The first kappa shape index (κ1) is 22.3. The third-order valence-corrected chi connectivity index (χ3v) is 5.91. The van der Waals surface area contributed by atoms with Gasteiger partial charge in [0, 0.05) is 5.39 Å². The third kappa shape index (κ3) is 4.94. The van der Waals surface area contributed by atoms with E-state index in [4.69, 9.17) is 4.55 Å². The normalized spacial score (nSPS) is 12.2. The van der Waals surface area contributed by atoms with Gasteiger partial charge in [-0.05, 0) is 72.8 Å². The predicted octanol–water partition coefficient (Wildman–Crippen LogP) is 7.24. The summed E-state index contributed by atoms with van der Waals surface area (Å²) in [7, 11) is -4.27. The Balaban J connectivity index is 1.58. The molecule has 0 aliphatic carbocycles. The molecule has 0 aromatic heterocycles. The van der Waals surface area contributed by atoms with Gasteiger partial charge >= 0.3 is 0 Å². The largest absolute Gasteiger partial charge is 0.506 e. The lowest BCUT2D eigenvalue weighted by atomic mass is 10.1. The fourth-order valence-electron chi connectivity index (χ4n) is 3.28. The van der Waals surface area contributed by atoms with Gasteiger partial charge in [-0.3, -0.25) is 4.55 Å². The van der Waals surface area contributed by atoms with E-state index in [9.17, 15) is 13.5 Å². The number of aryl methyl sites for hydroxylation is 2. The Hall–Kier alpha value is -3.95. The summed E-state index contributed by atoms with van der Waals surface area (Å²) >= 11 is 0. The molecule has 9 heteroatoms. The van der Waals surface area contributed by atoms with Crippen molar-refractivity contribution in [3.8, 4) is 5.75 Å². The summed E-state index contributed by atoms with van der Waals surface area (Å²) in [6.45, 7) is 3.54. The van der Waals surface area contributed by atoms with Crippen LogP contribution >= 0.6 is 0 Å². The highest BCUT2D eigenvalue weighted by Crippen LogP contribution is 2.36. The number of nitrogens with zero attached hydrogens (tertiary/aromatic N) is 4. The molecule has 0 spiro atoms. The first-order valence-corrected chi connectivity index (χ1v) is 11.4. The second-order valence-corrected chi connectivity index (χ2v) is 8.87. The molecule has 0 radical (unpaired) electrons. The van der Waals surface area contributed by atoms with Crippen LogP contribution in [0.1, 0.15) is 11.1 Å². The molecule has 0 unspecified atom stereocenters. The number of benzene rings is 4. The van der Waals surface area contributed by atoms with Gasteiger partial charge in [0.25, 0.3) is 10.1 Å². The van der Waals surface area contributed by atoms with Crippen LogP contribution in [0, 0.1) is 13.8 Å². The van der Waals surface area contributed by atoms with Crippen LogP contribution in [0.3, 0.4) is 0 Å². The number of phenolic OH excluding ortho intramolecular Hbond substituents is 1. The number of fused-ring (bicyclic) bond motifs is 1. The number of hydrogen-bond donors (Lipinski definition) is 2. The molecular formula is C24H20N4O4S. The monoisotopic (exact) mass is 460 g/mol. The predicted molar refractivity (Wildman–Crippen MR) is 126 cm³/mol. The molecule has 4 aromatic carbocycles. The van der Waals surface area contributed by atoms with Gasteiger partial charge < -0.3 is 5.11 Å². The molecule has 0 saturated carbocycles. The van der Waals surface area contributed by atoms with Crippen LogP contribution in [0.25, 0.3) is 10.8 Å². The van der Waals surface area contributed by atoms with E-state index in [1.54, 1.807) is 31.2 Å². The highest BCUT2D eigenvalue weighted by Gasteiger charge is 2.11. The minimum Gasteiger partial charge on any atom is -0.506 e. The van der Waals surface area contributed by atoms with Gasteiger partial charge in [-0.1, -0.05) is 30.3 Å². The molecule has 4 aromatic rings. The van der Waals surface area contributed by atoms with E-state index in [2.05, 4.69) is 20.5 Å². The maximum Gasteiger partial charge on any atom is 0.294 e. The fraction of sp³-hybridized carbons (Fsp3) is 0.0833. The zero-order chi connectivity index (χ0) is 23.6. The van der Waals surface area contributed by atoms with Crippen molar-refractivity contribution in [3.63, 3.8) is 0 Å². The molecule has 0 heterocycles. The van der Waals surface area contributed by atoms with Crippen molar-refractivity contribution in [1.82, 2.24) is 0 Å². The highest BCUT2D eigenvalue weighted by atomic mass is 32.2. The van der Waals surface area contributed by atoms with Crippen molar-refractivity contribution in [1.29, 1.82) is 0 Å². The smallest absolute Gasteiger partial charge is 0.294 e. The summed E-state index contributed by atoms with van der Waals surface area (Å²) < 4.78 is 31.6. The Morgan fingerprint density at radius 2 is 1.39 bits per heavy atom. The van der Waals surface area contributed by atoms with Crippen molar-refractivity contribution in [3.05, 3.63) is 83.9 Å². The standard InChI is InChI=1S/C24H20N4O4S/c1-15-13-18(25-26-22-11-9-19(14-16(22)2)33(30,31)32)8-10-21(15)27-28-24-20-6-4-3-5-17(20)7-12-23(24)29/h3-14,29H,1-2H3,(H,30,31,32). The SMILES string of the molecule is Cc1cc(S(=O)(=O)O)ccc1N=Nc1ccc(N=Nc2c(O)ccc3ccccc23)c(C)c1. The van der Waals surface area contributed by atoms with Crippen molar-refractivity contribution in [2.24, 2.45) is 20.5 Å². The lowest BCUT2D eigenvalue weighted by molar-refractivity contribution is 0.477. The van der Waals surface area contributed by atoms with Gasteiger partial charge in [-0.15, -0.1) is 5.11 Å². The van der Waals surface area contributed by atoms with Crippen LogP contribution in [0.2, 0.25) is 0 Å². The van der Waals surface area contributed by atoms with Crippen molar-refractivity contribution in [2.75, 3.05) is 0 Å². The Bertz CT molecular complexity index is 1530. The van der Waals surface area contributed by atoms with E-state index in [1.165, 1.54) is 18.2 Å². The van der Waals surface area contributed by atoms with Crippen LogP contribution in [-0.4, -0.2) is 18.1 Å². The van der Waals surface area contributed by atoms with Gasteiger partial charge in [0.05, 0.1) is 22.0 Å². The van der Waals surface area contributed by atoms with Gasteiger partial charge in [-0.2, -0.15) is 23.8 Å². The molecule has 0 bridgehead atoms. The number of aromatic hydroxyl groups is 1. The van der Waals surface area contributed by atoms with Crippen LogP contribution in [-0.2, 0) is 10.1 Å². The van der Waals surface area contributed by atoms with Crippen molar-refractivity contribution >= 4 is 43.6 Å². The minimum absolute atomic E-state index is 0.0518. The third-order valence-electron chi connectivity index (χ3n) is 5.06. The first-order valence-electron chi connectivity index (χ1n) is 9.95. The van der Waals surface area contributed by atoms with E-state index < -0.39 is 10.1 Å². The Morgan fingerprint density at radius 3 is 2.09 bits per heavy atom. The molecule has 8 nitrogen and oxygen atoms in total. The average Bonchev–Trinajstić information content (AvgIpc) is 2.78. The molecule has 166 valence electrons. The molecule has 0 aliphatic heterocycles. The van der Waals surface area contributed by atoms with E-state index in [-0.39, 0.29) is 10.6 Å². The van der Waals surface area contributed by atoms with Crippen LogP contribution in [0.15, 0.2) is 98.1 Å². The van der Waals surface area contributed by atoms with Gasteiger partial charge in [0.15, 0.2) is 0 Å². The second-order valence-electron chi connectivity index (χ2n) is 7.45. The molecule has 0 fully saturated rings. The lowest BCUT2D eigenvalue weighted by Crippen LogP contribution is -1.97. The molecule has 4 rings (SSSR count). The second kappa shape index (κ2) is 8.89. The maximum absolute atomic E-state index is 11.2. The topological polar surface area (TPSA) is 124 Å². The van der Waals surface area contributed by atoms with Crippen LogP contribution in [0.5, 0.6) is 5.75 Å². The number of rotatable bonds is 5. The molecule has 0 amide bonds. The average molecular weight is 461 g/mol.